The molecular weight excluding hydrogens is 520 g/mol. The number of anilines is 3. The van der Waals surface area contributed by atoms with Gasteiger partial charge in [0, 0.05) is 61.3 Å². The van der Waals surface area contributed by atoms with Crippen LogP contribution in [0.2, 0.25) is 0 Å². The van der Waals surface area contributed by atoms with Crippen molar-refractivity contribution in [3.05, 3.63) is 41.3 Å². The number of nitrogens with zero attached hydrogens (tertiary/aromatic N) is 7. The fraction of sp³-hybridized carbons (Fsp3) is 0.567. The van der Waals surface area contributed by atoms with Gasteiger partial charge >= 0.3 is 0 Å². The summed E-state index contributed by atoms with van der Waals surface area (Å²) in [6, 6.07) is 6.94. The van der Waals surface area contributed by atoms with Gasteiger partial charge in [-0.15, -0.1) is 0 Å². The molecule has 41 heavy (non-hydrogen) atoms. The first-order chi connectivity index (χ1) is 20.0. The molecule has 1 amide bonds. The third-order valence-electron chi connectivity index (χ3n) is 9.73. The maximum atomic E-state index is 13.1. The summed E-state index contributed by atoms with van der Waals surface area (Å²) in [5.74, 6) is 2.62. The molecule has 2 atom stereocenters. The van der Waals surface area contributed by atoms with Crippen molar-refractivity contribution in [1.82, 2.24) is 29.7 Å². The second-order valence-corrected chi connectivity index (χ2v) is 12.4. The third kappa shape index (κ3) is 4.41. The van der Waals surface area contributed by atoms with Gasteiger partial charge in [-0.05, 0) is 56.8 Å². The van der Waals surface area contributed by atoms with E-state index in [0.717, 1.165) is 46.9 Å². The van der Waals surface area contributed by atoms with E-state index in [1.54, 1.807) is 0 Å². The van der Waals surface area contributed by atoms with E-state index in [1.165, 1.54) is 25.7 Å². The van der Waals surface area contributed by atoms with E-state index in [0.29, 0.717) is 62.2 Å². The van der Waals surface area contributed by atoms with Crippen molar-refractivity contribution in [3.63, 3.8) is 0 Å². The SMILES string of the molecule is CN1C[C@@H](O)C[C@@H]1C(=O)N1CCc2nc(Nc3ncc4cc(C5COC5)nc(N5C6CCC5CC6)c4n3)ccc2C1. The minimum atomic E-state index is -0.435. The van der Waals surface area contributed by atoms with E-state index in [1.807, 2.05) is 35.2 Å². The van der Waals surface area contributed by atoms with Crippen molar-refractivity contribution in [3.8, 4) is 0 Å². The van der Waals surface area contributed by atoms with Crippen molar-refractivity contribution in [2.24, 2.45) is 0 Å². The number of carbonyl (C=O) groups excluding carboxylic acids is 1. The summed E-state index contributed by atoms with van der Waals surface area (Å²) in [7, 11) is 1.90. The number of hydrogen-bond acceptors (Lipinski definition) is 10. The van der Waals surface area contributed by atoms with Crippen molar-refractivity contribution in [2.75, 3.05) is 43.6 Å². The molecule has 3 aromatic heterocycles. The van der Waals surface area contributed by atoms with Gasteiger partial charge in [0.1, 0.15) is 11.3 Å². The zero-order valence-electron chi connectivity index (χ0n) is 23.4. The number of carbonyl (C=O) groups is 1. The van der Waals surface area contributed by atoms with E-state index in [2.05, 4.69) is 21.3 Å². The number of fused-ring (bicyclic) bond motifs is 4. The molecule has 8 heterocycles. The average Bonchev–Trinajstić information content (AvgIpc) is 3.64. The Morgan fingerprint density at radius 2 is 1.90 bits per heavy atom. The maximum absolute atomic E-state index is 13.1. The number of pyridine rings is 2. The molecule has 3 aromatic rings. The fourth-order valence-corrected chi connectivity index (χ4v) is 7.42. The van der Waals surface area contributed by atoms with Crippen LogP contribution < -0.4 is 10.2 Å². The Balaban J connectivity index is 1.04. The van der Waals surface area contributed by atoms with Crippen LogP contribution in [0.1, 0.15) is 55.0 Å². The molecule has 0 radical (unpaired) electrons. The topological polar surface area (TPSA) is 120 Å². The predicted molar refractivity (Wildman–Crippen MR) is 153 cm³/mol. The first kappa shape index (κ1) is 25.3. The first-order valence-corrected chi connectivity index (χ1v) is 15.0. The molecule has 2 bridgehead atoms. The molecule has 0 aliphatic carbocycles. The number of aromatic nitrogens is 4. The van der Waals surface area contributed by atoms with Crippen LogP contribution in [-0.2, 0) is 22.5 Å². The predicted octanol–water partition coefficient (Wildman–Crippen LogP) is 2.36. The fourth-order valence-electron chi connectivity index (χ4n) is 7.42. The van der Waals surface area contributed by atoms with Crippen LogP contribution in [0.25, 0.3) is 10.9 Å². The zero-order chi connectivity index (χ0) is 27.7. The van der Waals surface area contributed by atoms with Gasteiger partial charge < -0.3 is 25.0 Å². The van der Waals surface area contributed by atoms with Gasteiger partial charge in [-0.25, -0.2) is 19.9 Å². The second kappa shape index (κ2) is 9.85. The number of likely N-dealkylation sites (N-methyl/N-ethyl adjacent to an activating group) is 1. The summed E-state index contributed by atoms with van der Waals surface area (Å²) in [6.07, 6.45) is 7.55. The minimum absolute atomic E-state index is 0.0882. The summed E-state index contributed by atoms with van der Waals surface area (Å²) < 4.78 is 5.46. The number of amides is 1. The molecule has 0 aromatic carbocycles. The summed E-state index contributed by atoms with van der Waals surface area (Å²) in [5, 5.41) is 14.3. The number of β-amino-alcohol motifs (C(OH)–C–C–N with tert-alkyl or cyclic N) is 1. The molecule has 0 unspecified atom stereocenters. The Hall–Kier alpha value is -3.41. The highest BCUT2D eigenvalue weighted by Gasteiger charge is 2.41. The van der Waals surface area contributed by atoms with E-state index in [-0.39, 0.29) is 11.9 Å². The quantitative estimate of drug-likeness (QED) is 0.485. The van der Waals surface area contributed by atoms with E-state index >= 15 is 0 Å². The molecule has 0 saturated carbocycles. The van der Waals surface area contributed by atoms with Crippen LogP contribution in [0.5, 0.6) is 0 Å². The lowest BCUT2D eigenvalue weighted by atomic mass is 10.0. The molecule has 2 N–H and O–H groups in total. The lowest BCUT2D eigenvalue weighted by molar-refractivity contribution is -0.136. The molecule has 4 saturated heterocycles. The Morgan fingerprint density at radius 1 is 1.10 bits per heavy atom. The van der Waals surface area contributed by atoms with Crippen molar-refractivity contribution in [2.45, 2.75) is 75.2 Å². The maximum Gasteiger partial charge on any atom is 0.240 e. The lowest BCUT2D eigenvalue weighted by Gasteiger charge is -2.32. The Kier molecular flexibility index (Phi) is 6.08. The molecule has 4 fully saturated rings. The minimum Gasteiger partial charge on any atom is -0.392 e. The van der Waals surface area contributed by atoms with Gasteiger partial charge in [0.25, 0.3) is 0 Å². The Labute approximate surface area is 238 Å². The molecule has 8 rings (SSSR count). The molecule has 5 aliphatic rings. The average molecular weight is 557 g/mol. The molecule has 5 aliphatic heterocycles. The largest absolute Gasteiger partial charge is 0.392 e. The van der Waals surface area contributed by atoms with Crippen molar-refractivity contribution >= 4 is 34.4 Å². The van der Waals surface area contributed by atoms with Gasteiger partial charge in [-0.2, -0.15) is 0 Å². The van der Waals surface area contributed by atoms with Crippen LogP contribution in [0, 0.1) is 0 Å². The third-order valence-corrected chi connectivity index (χ3v) is 9.73. The molecule has 0 spiro atoms. The lowest BCUT2D eigenvalue weighted by Crippen LogP contribution is -2.46. The number of hydrogen-bond donors (Lipinski definition) is 2. The highest BCUT2D eigenvalue weighted by atomic mass is 16.5. The van der Waals surface area contributed by atoms with Crippen LogP contribution in [0.4, 0.5) is 17.6 Å². The van der Waals surface area contributed by atoms with Crippen LogP contribution in [0.15, 0.2) is 24.4 Å². The van der Waals surface area contributed by atoms with Crippen LogP contribution >= 0.6 is 0 Å². The molecular formula is C30H36N8O3. The van der Waals surface area contributed by atoms with E-state index in [4.69, 9.17) is 19.7 Å². The van der Waals surface area contributed by atoms with Gasteiger partial charge in [-0.3, -0.25) is 9.69 Å². The van der Waals surface area contributed by atoms with Crippen LogP contribution in [-0.4, -0.2) is 98.3 Å². The Morgan fingerprint density at radius 3 is 2.61 bits per heavy atom. The second-order valence-electron chi connectivity index (χ2n) is 12.4. The number of ether oxygens (including phenoxy) is 1. The summed E-state index contributed by atoms with van der Waals surface area (Å²) >= 11 is 0. The van der Waals surface area contributed by atoms with Gasteiger partial charge in [0.05, 0.1) is 31.1 Å². The van der Waals surface area contributed by atoms with Crippen LogP contribution in [0.3, 0.4) is 0 Å². The van der Waals surface area contributed by atoms with Gasteiger partial charge in [-0.1, -0.05) is 6.07 Å². The van der Waals surface area contributed by atoms with Gasteiger partial charge in [0.2, 0.25) is 11.9 Å². The highest BCUT2D eigenvalue weighted by Crippen LogP contribution is 2.43. The number of aliphatic hydroxyl groups is 1. The van der Waals surface area contributed by atoms with E-state index in [9.17, 15) is 9.90 Å². The molecule has 11 nitrogen and oxygen atoms in total. The summed E-state index contributed by atoms with van der Waals surface area (Å²) in [6.45, 7) is 3.15. The number of rotatable bonds is 5. The Bertz CT molecular complexity index is 1490. The van der Waals surface area contributed by atoms with Gasteiger partial charge in [0.15, 0.2) is 5.82 Å². The first-order valence-electron chi connectivity index (χ1n) is 15.0. The molecule has 11 heteroatoms. The zero-order valence-corrected chi connectivity index (χ0v) is 23.4. The monoisotopic (exact) mass is 556 g/mol. The van der Waals surface area contributed by atoms with E-state index < -0.39 is 6.10 Å². The van der Waals surface area contributed by atoms with Crippen molar-refractivity contribution in [1.29, 1.82) is 0 Å². The number of aliphatic hydroxyl groups excluding tert-OH is 1. The van der Waals surface area contributed by atoms with Crippen molar-refractivity contribution < 1.29 is 14.6 Å². The normalized spacial score (nSPS) is 27.9. The number of likely N-dealkylation sites (tertiary alicyclic amines) is 1. The molecule has 214 valence electrons. The summed E-state index contributed by atoms with van der Waals surface area (Å²) in [5.41, 5.74) is 4.01. The smallest absolute Gasteiger partial charge is 0.240 e. The number of nitrogens with one attached hydrogen (secondary N) is 1. The summed E-state index contributed by atoms with van der Waals surface area (Å²) in [4.78, 5) is 39.2. The highest BCUT2D eigenvalue weighted by molar-refractivity contribution is 5.90. The standard InChI is InChI=1S/C30H36N8O3/c1-36-14-22(39)11-25(36)29(40)37-9-8-23-17(13-37)2-7-26(32-23)34-30-31-12-18-10-24(19-15-41-16-19)33-28(27(18)35-30)38-20-3-4-21(38)6-5-20/h2,7,10,12,19-22,25,39H,3-6,8-9,11,13-16H2,1H3,(H,31,32,34,35)/t20?,21?,22-,25+/m0/s1.